The maximum Gasteiger partial charge on any atom is 0.00921 e. The van der Waals surface area contributed by atoms with Crippen molar-refractivity contribution in [3.8, 4) is 0 Å². The van der Waals surface area contributed by atoms with E-state index in [2.05, 4.69) is 70.3 Å². The molecule has 0 aliphatic rings. The maximum absolute atomic E-state index is 3.94. The Labute approximate surface area is 128 Å². The van der Waals surface area contributed by atoms with Crippen molar-refractivity contribution < 1.29 is 0 Å². The first kappa shape index (κ1) is 15.3. The van der Waals surface area contributed by atoms with Gasteiger partial charge < -0.3 is 0 Å². The zero-order valence-electron chi connectivity index (χ0n) is 13.3. The first-order valence-corrected chi connectivity index (χ1v) is 7.57. The molecule has 0 radical (unpaired) electrons. The summed E-state index contributed by atoms with van der Waals surface area (Å²) in [6, 6.07) is 13.2. The van der Waals surface area contributed by atoms with E-state index in [0.717, 1.165) is 17.5 Å². The predicted molar refractivity (Wildman–Crippen MR) is 94.7 cm³/mol. The Bertz CT molecular complexity index is 662. The smallest absolute Gasteiger partial charge is 0.00921 e. The van der Waals surface area contributed by atoms with E-state index in [0.29, 0.717) is 5.92 Å². The summed E-state index contributed by atoms with van der Waals surface area (Å²) in [7, 11) is 0. The topological polar surface area (TPSA) is 0 Å². The van der Waals surface area contributed by atoms with Crippen LogP contribution in [0.1, 0.15) is 52.6 Å². The Kier molecular flexibility index (Phi) is 4.80. The SMILES string of the molecule is C=Cc1cc(C)c(C(CC)c2ccccc2C)cc1C=C. The second kappa shape index (κ2) is 6.58. The fourth-order valence-electron chi connectivity index (χ4n) is 3.08. The highest BCUT2D eigenvalue weighted by atomic mass is 14.2. The number of aryl methyl sites for hydroxylation is 2. The first-order chi connectivity index (χ1) is 10.1. The highest BCUT2D eigenvalue weighted by Gasteiger charge is 2.17. The Morgan fingerprint density at radius 2 is 1.52 bits per heavy atom. The molecule has 2 aromatic rings. The van der Waals surface area contributed by atoms with E-state index in [1.807, 2.05) is 12.2 Å². The number of hydrogen-bond donors (Lipinski definition) is 0. The van der Waals surface area contributed by atoms with Gasteiger partial charge >= 0.3 is 0 Å². The zero-order chi connectivity index (χ0) is 15.4. The van der Waals surface area contributed by atoms with Gasteiger partial charge in [-0.05, 0) is 53.6 Å². The van der Waals surface area contributed by atoms with E-state index in [-0.39, 0.29) is 0 Å². The highest BCUT2D eigenvalue weighted by Crippen LogP contribution is 2.34. The fourth-order valence-corrected chi connectivity index (χ4v) is 3.08. The van der Waals surface area contributed by atoms with Gasteiger partial charge in [-0.15, -0.1) is 0 Å². The monoisotopic (exact) mass is 276 g/mol. The van der Waals surface area contributed by atoms with Gasteiger partial charge in [-0.25, -0.2) is 0 Å². The summed E-state index contributed by atoms with van der Waals surface area (Å²) in [4.78, 5) is 0. The predicted octanol–water partition coefficient (Wildman–Crippen LogP) is 6.13. The van der Waals surface area contributed by atoms with E-state index >= 15 is 0 Å². The lowest BCUT2D eigenvalue weighted by molar-refractivity contribution is 0.765. The van der Waals surface area contributed by atoms with Crippen molar-refractivity contribution in [2.45, 2.75) is 33.1 Å². The number of hydrogen-bond acceptors (Lipinski definition) is 0. The van der Waals surface area contributed by atoms with Crippen LogP contribution in [0.15, 0.2) is 49.6 Å². The summed E-state index contributed by atoms with van der Waals surface area (Å²) in [5.74, 6) is 0.434. The van der Waals surface area contributed by atoms with Crippen LogP contribution in [0.2, 0.25) is 0 Å². The van der Waals surface area contributed by atoms with Gasteiger partial charge in [0.25, 0.3) is 0 Å². The van der Waals surface area contributed by atoms with Gasteiger partial charge in [-0.3, -0.25) is 0 Å². The minimum atomic E-state index is 0.434. The average molecular weight is 276 g/mol. The van der Waals surface area contributed by atoms with Gasteiger partial charge in [0.2, 0.25) is 0 Å². The molecule has 108 valence electrons. The number of benzene rings is 2. The molecule has 0 heterocycles. The fraction of sp³-hybridized carbons (Fsp3) is 0.238. The quantitative estimate of drug-likeness (QED) is 0.616. The third kappa shape index (κ3) is 3.00. The van der Waals surface area contributed by atoms with Crippen LogP contribution in [0.4, 0.5) is 0 Å². The summed E-state index contributed by atoms with van der Waals surface area (Å²) in [6.45, 7) is 14.5. The molecular weight excluding hydrogens is 252 g/mol. The highest BCUT2D eigenvalue weighted by molar-refractivity contribution is 5.66. The Hall–Kier alpha value is -2.08. The van der Waals surface area contributed by atoms with Gasteiger partial charge in [0, 0.05) is 5.92 Å². The summed E-state index contributed by atoms with van der Waals surface area (Å²) in [6.07, 6.45) is 4.92. The Balaban J connectivity index is 2.60. The van der Waals surface area contributed by atoms with Crippen LogP contribution in [0.5, 0.6) is 0 Å². The third-order valence-electron chi connectivity index (χ3n) is 4.26. The summed E-state index contributed by atoms with van der Waals surface area (Å²) >= 11 is 0. The van der Waals surface area contributed by atoms with E-state index in [1.54, 1.807) is 0 Å². The van der Waals surface area contributed by atoms with Crippen molar-refractivity contribution in [3.05, 3.63) is 82.9 Å². The molecule has 21 heavy (non-hydrogen) atoms. The molecule has 0 aliphatic carbocycles. The van der Waals surface area contributed by atoms with Crippen LogP contribution in [-0.2, 0) is 0 Å². The van der Waals surface area contributed by atoms with Crippen molar-refractivity contribution in [2.24, 2.45) is 0 Å². The van der Waals surface area contributed by atoms with Crippen LogP contribution >= 0.6 is 0 Å². The first-order valence-electron chi connectivity index (χ1n) is 7.57. The lowest BCUT2D eigenvalue weighted by atomic mass is 9.83. The molecule has 0 saturated carbocycles. The van der Waals surface area contributed by atoms with Crippen molar-refractivity contribution in [1.82, 2.24) is 0 Å². The molecule has 0 amide bonds. The maximum atomic E-state index is 3.94. The molecule has 0 bridgehead atoms. The lowest BCUT2D eigenvalue weighted by Crippen LogP contribution is -2.05. The summed E-state index contributed by atoms with van der Waals surface area (Å²) in [5, 5.41) is 0. The Morgan fingerprint density at radius 3 is 2.10 bits per heavy atom. The van der Waals surface area contributed by atoms with Gasteiger partial charge in [0.1, 0.15) is 0 Å². The third-order valence-corrected chi connectivity index (χ3v) is 4.26. The van der Waals surface area contributed by atoms with Crippen LogP contribution in [0.3, 0.4) is 0 Å². The van der Waals surface area contributed by atoms with E-state index < -0.39 is 0 Å². The van der Waals surface area contributed by atoms with Crippen LogP contribution in [-0.4, -0.2) is 0 Å². The molecule has 0 aromatic heterocycles. The van der Waals surface area contributed by atoms with Gasteiger partial charge in [-0.2, -0.15) is 0 Å². The molecule has 0 spiro atoms. The minimum Gasteiger partial charge on any atom is -0.0984 e. The summed E-state index contributed by atoms with van der Waals surface area (Å²) in [5.41, 5.74) is 7.82. The Morgan fingerprint density at radius 1 is 0.905 bits per heavy atom. The number of rotatable bonds is 5. The second-order valence-electron chi connectivity index (χ2n) is 5.56. The van der Waals surface area contributed by atoms with Crippen molar-refractivity contribution in [2.75, 3.05) is 0 Å². The largest absolute Gasteiger partial charge is 0.0984 e. The van der Waals surface area contributed by atoms with Crippen molar-refractivity contribution >= 4 is 12.2 Å². The molecule has 0 saturated heterocycles. The molecule has 0 heteroatoms. The van der Waals surface area contributed by atoms with Crippen LogP contribution in [0.25, 0.3) is 12.2 Å². The standard InChI is InChI=1S/C21H24/c1-6-17-13-16(5)21(14-18(17)7-2)19(8-3)20-12-10-9-11-15(20)4/h6-7,9-14,19H,1-2,8H2,3-5H3. The molecule has 2 rings (SSSR count). The molecule has 1 atom stereocenters. The molecule has 2 aromatic carbocycles. The van der Waals surface area contributed by atoms with Crippen molar-refractivity contribution in [1.29, 1.82) is 0 Å². The van der Waals surface area contributed by atoms with E-state index in [9.17, 15) is 0 Å². The normalized spacial score (nSPS) is 12.0. The van der Waals surface area contributed by atoms with E-state index in [4.69, 9.17) is 0 Å². The lowest BCUT2D eigenvalue weighted by Gasteiger charge is -2.22. The molecule has 0 fully saturated rings. The van der Waals surface area contributed by atoms with E-state index in [1.165, 1.54) is 22.3 Å². The second-order valence-corrected chi connectivity index (χ2v) is 5.56. The molecule has 0 aliphatic heterocycles. The average Bonchev–Trinajstić information content (AvgIpc) is 2.50. The minimum absolute atomic E-state index is 0.434. The molecule has 0 N–H and O–H groups in total. The van der Waals surface area contributed by atoms with Gasteiger partial charge in [0.15, 0.2) is 0 Å². The molecular formula is C21H24. The van der Waals surface area contributed by atoms with Gasteiger partial charge in [0.05, 0.1) is 0 Å². The van der Waals surface area contributed by atoms with Crippen molar-refractivity contribution in [3.63, 3.8) is 0 Å². The van der Waals surface area contributed by atoms with Gasteiger partial charge in [-0.1, -0.05) is 68.6 Å². The summed E-state index contributed by atoms with van der Waals surface area (Å²) < 4.78 is 0. The van der Waals surface area contributed by atoms with Crippen LogP contribution < -0.4 is 0 Å². The molecule has 0 nitrogen and oxygen atoms in total. The van der Waals surface area contributed by atoms with Crippen LogP contribution in [0, 0.1) is 13.8 Å². The molecule has 1 unspecified atom stereocenters. The zero-order valence-corrected chi connectivity index (χ0v) is 13.3.